The second kappa shape index (κ2) is 9.17. The van der Waals surface area contributed by atoms with Gasteiger partial charge in [0.2, 0.25) is 0 Å². The van der Waals surface area contributed by atoms with Crippen molar-refractivity contribution in [3.05, 3.63) is 0 Å². The maximum Gasteiger partial charge on any atom is 0.319 e. The summed E-state index contributed by atoms with van der Waals surface area (Å²) in [6.07, 6.45) is 0.143. The van der Waals surface area contributed by atoms with Crippen LogP contribution in [-0.2, 0) is 33.4 Å². The molecule has 0 fully saturated rings. The fourth-order valence-corrected chi connectivity index (χ4v) is 2.35. The molecule has 0 heterocycles. The van der Waals surface area contributed by atoms with Gasteiger partial charge in [-0.1, -0.05) is 6.92 Å². The predicted molar refractivity (Wildman–Crippen MR) is 76.8 cm³/mol. The average Bonchev–Trinajstić information content (AvgIpc) is 2.53. The summed E-state index contributed by atoms with van der Waals surface area (Å²) >= 11 is 0. The van der Waals surface area contributed by atoms with Crippen LogP contribution in [0, 0.1) is 11.3 Å². The van der Waals surface area contributed by atoms with Crippen molar-refractivity contribution in [3.8, 4) is 0 Å². The summed E-state index contributed by atoms with van der Waals surface area (Å²) < 4.78 is 14.0. The first-order valence-corrected chi connectivity index (χ1v) is 7.03. The lowest BCUT2D eigenvalue weighted by Crippen LogP contribution is -2.42. The van der Waals surface area contributed by atoms with E-state index >= 15 is 0 Å². The molecule has 0 saturated carbocycles. The van der Waals surface area contributed by atoms with Crippen molar-refractivity contribution in [1.82, 2.24) is 0 Å². The minimum Gasteiger partial charge on any atom is -0.469 e. The number of rotatable bonds is 9. The Kier molecular flexibility index (Phi) is 8.37. The van der Waals surface area contributed by atoms with Crippen LogP contribution in [-0.4, -0.2) is 45.0 Å². The fraction of sp³-hybridized carbons (Fsp3) is 0.733. The molecule has 2 unspecified atom stereocenters. The van der Waals surface area contributed by atoms with Gasteiger partial charge < -0.3 is 14.2 Å². The first kappa shape index (κ1) is 20.1. The Balaban J connectivity index is 5.53. The summed E-state index contributed by atoms with van der Waals surface area (Å²) in [5.74, 6) is -2.89. The molecule has 0 spiro atoms. The van der Waals surface area contributed by atoms with E-state index in [0.717, 1.165) is 7.11 Å². The molecule has 2 atom stereocenters. The second-order valence-electron chi connectivity index (χ2n) is 5.04. The van der Waals surface area contributed by atoms with Crippen LogP contribution in [0.3, 0.4) is 0 Å². The molecule has 0 aromatic rings. The third-order valence-corrected chi connectivity index (χ3v) is 3.86. The van der Waals surface area contributed by atoms with Crippen LogP contribution in [0.4, 0.5) is 0 Å². The lowest BCUT2D eigenvalue weighted by Gasteiger charge is -2.30. The maximum absolute atomic E-state index is 12.2. The number of hydrogen-bond donors (Lipinski definition) is 0. The van der Waals surface area contributed by atoms with E-state index in [1.807, 2.05) is 0 Å². The van der Waals surface area contributed by atoms with Crippen molar-refractivity contribution in [1.29, 1.82) is 0 Å². The van der Waals surface area contributed by atoms with Crippen LogP contribution in [0.25, 0.3) is 0 Å². The standard InChI is InChI=1S/C15H24O7/c1-6-11(13(18)21-4)9-15(10(2)16,14(19)22-5)8-7-12(17)20-3/h11H,6-9H2,1-5H3. The van der Waals surface area contributed by atoms with Crippen molar-refractivity contribution in [2.75, 3.05) is 21.3 Å². The van der Waals surface area contributed by atoms with Crippen LogP contribution in [0.5, 0.6) is 0 Å². The van der Waals surface area contributed by atoms with Gasteiger partial charge in [-0.25, -0.2) is 0 Å². The Hall–Kier alpha value is -1.92. The zero-order valence-electron chi connectivity index (χ0n) is 13.8. The molecule has 0 rings (SSSR count). The van der Waals surface area contributed by atoms with Gasteiger partial charge in [-0.15, -0.1) is 0 Å². The van der Waals surface area contributed by atoms with Crippen LogP contribution < -0.4 is 0 Å². The highest BCUT2D eigenvalue weighted by molar-refractivity contribution is 6.03. The summed E-state index contributed by atoms with van der Waals surface area (Å²) in [4.78, 5) is 47.4. The van der Waals surface area contributed by atoms with Crippen molar-refractivity contribution < 1.29 is 33.4 Å². The lowest BCUT2D eigenvalue weighted by atomic mass is 9.72. The Bertz CT molecular complexity index is 430. The number of carbonyl (C=O) groups is 4. The quantitative estimate of drug-likeness (QED) is 0.359. The number of carbonyl (C=O) groups excluding carboxylic acids is 4. The number of ether oxygens (including phenoxy) is 3. The van der Waals surface area contributed by atoms with Crippen LogP contribution >= 0.6 is 0 Å². The van der Waals surface area contributed by atoms with E-state index in [9.17, 15) is 19.2 Å². The largest absolute Gasteiger partial charge is 0.469 e. The topological polar surface area (TPSA) is 96.0 Å². The SMILES string of the molecule is CCC(CC(CCC(=O)OC)(C(C)=O)C(=O)OC)C(=O)OC. The molecule has 0 aliphatic carbocycles. The minimum atomic E-state index is -1.56. The molecule has 0 N–H and O–H groups in total. The molecule has 0 aromatic carbocycles. The van der Waals surface area contributed by atoms with Gasteiger partial charge in [-0.05, 0) is 26.2 Å². The predicted octanol–water partition coefficient (Wildman–Crippen LogP) is 1.28. The molecule has 7 nitrogen and oxygen atoms in total. The van der Waals surface area contributed by atoms with Gasteiger partial charge in [0, 0.05) is 6.42 Å². The minimum absolute atomic E-state index is 0.0603. The molecular formula is C15H24O7. The van der Waals surface area contributed by atoms with Crippen molar-refractivity contribution in [2.24, 2.45) is 11.3 Å². The highest BCUT2D eigenvalue weighted by atomic mass is 16.5. The van der Waals surface area contributed by atoms with Crippen molar-refractivity contribution >= 4 is 23.7 Å². The van der Waals surface area contributed by atoms with Gasteiger partial charge in [-0.3, -0.25) is 19.2 Å². The third-order valence-electron chi connectivity index (χ3n) is 3.86. The first-order valence-electron chi connectivity index (χ1n) is 7.03. The Morgan fingerprint density at radius 2 is 1.59 bits per heavy atom. The average molecular weight is 316 g/mol. The molecule has 0 saturated heterocycles. The summed E-state index contributed by atoms with van der Waals surface area (Å²) in [5.41, 5.74) is -1.56. The van der Waals surface area contributed by atoms with Gasteiger partial charge in [0.1, 0.15) is 11.2 Å². The monoisotopic (exact) mass is 316 g/mol. The van der Waals surface area contributed by atoms with Crippen molar-refractivity contribution in [2.45, 2.75) is 39.5 Å². The van der Waals surface area contributed by atoms with E-state index in [4.69, 9.17) is 9.47 Å². The van der Waals surface area contributed by atoms with Gasteiger partial charge in [-0.2, -0.15) is 0 Å². The van der Waals surface area contributed by atoms with Gasteiger partial charge in [0.05, 0.1) is 27.2 Å². The molecule has 0 aliphatic rings. The number of hydrogen-bond acceptors (Lipinski definition) is 7. The van der Waals surface area contributed by atoms with Gasteiger partial charge >= 0.3 is 17.9 Å². The summed E-state index contributed by atoms with van der Waals surface area (Å²) in [7, 11) is 3.63. The van der Waals surface area contributed by atoms with Gasteiger partial charge in [0.25, 0.3) is 0 Å². The summed E-state index contributed by atoms with van der Waals surface area (Å²) in [5, 5.41) is 0. The zero-order chi connectivity index (χ0) is 17.3. The maximum atomic E-state index is 12.2. The number of methoxy groups -OCH3 is 3. The highest BCUT2D eigenvalue weighted by Gasteiger charge is 2.47. The molecule has 0 radical (unpaired) electrons. The molecule has 0 aliphatic heterocycles. The molecular weight excluding hydrogens is 292 g/mol. The first-order chi connectivity index (χ1) is 10.3. The molecule has 0 amide bonds. The highest BCUT2D eigenvalue weighted by Crippen LogP contribution is 2.36. The zero-order valence-corrected chi connectivity index (χ0v) is 13.8. The molecule has 22 heavy (non-hydrogen) atoms. The summed E-state index contributed by atoms with van der Waals surface area (Å²) in [6.45, 7) is 3.00. The van der Waals surface area contributed by atoms with E-state index in [0.29, 0.717) is 6.42 Å². The molecule has 0 bridgehead atoms. The van der Waals surface area contributed by atoms with Gasteiger partial charge in [0.15, 0.2) is 0 Å². The number of ketones is 1. The van der Waals surface area contributed by atoms with Crippen LogP contribution in [0.1, 0.15) is 39.5 Å². The Morgan fingerprint density at radius 1 is 1.00 bits per heavy atom. The third kappa shape index (κ3) is 4.82. The van der Waals surface area contributed by atoms with Crippen LogP contribution in [0.2, 0.25) is 0 Å². The summed E-state index contributed by atoms with van der Waals surface area (Å²) in [6, 6.07) is 0. The Labute approximate surface area is 130 Å². The molecule has 0 aromatic heterocycles. The van der Waals surface area contributed by atoms with E-state index in [1.165, 1.54) is 21.1 Å². The van der Waals surface area contributed by atoms with E-state index in [-0.39, 0.29) is 19.3 Å². The van der Waals surface area contributed by atoms with E-state index < -0.39 is 35.0 Å². The number of Topliss-reactive ketones (excluding diaryl/α,β-unsaturated/α-hetero) is 1. The van der Waals surface area contributed by atoms with Crippen LogP contribution in [0.15, 0.2) is 0 Å². The normalized spacial score (nSPS) is 14.4. The van der Waals surface area contributed by atoms with E-state index in [2.05, 4.69) is 4.74 Å². The molecule has 7 heteroatoms. The Morgan fingerprint density at radius 3 is 1.95 bits per heavy atom. The van der Waals surface area contributed by atoms with E-state index in [1.54, 1.807) is 6.92 Å². The lowest BCUT2D eigenvalue weighted by molar-refractivity contribution is -0.161. The smallest absolute Gasteiger partial charge is 0.319 e. The second-order valence-corrected chi connectivity index (χ2v) is 5.04. The number of esters is 3. The van der Waals surface area contributed by atoms with Crippen molar-refractivity contribution in [3.63, 3.8) is 0 Å². The fourth-order valence-electron chi connectivity index (χ4n) is 2.35. The molecule has 126 valence electrons.